The highest BCUT2D eigenvalue weighted by Crippen LogP contribution is 2.31. The summed E-state index contributed by atoms with van der Waals surface area (Å²) in [7, 11) is 4.15. The number of nitrogens with two attached hydrogens (primary N) is 1. The number of hydrogen-bond donors (Lipinski definition) is 2. The van der Waals surface area contributed by atoms with Crippen LogP contribution in [0.1, 0.15) is 12.8 Å². The highest BCUT2D eigenvalue weighted by Gasteiger charge is 2.46. The molecule has 0 spiro atoms. The third-order valence-electron chi connectivity index (χ3n) is 5.31. The largest absolute Gasteiger partial charge is 0.463 e. The van der Waals surface area contributed by atoms with Gasteiger partial charge >= 0.3 is 5.90 Å². The fraction of sp³-hybridized carbons (Fsp3) is 0.929. The number of nitrogens with zero attached hydrogens (tertiary/aromatic N) is 3. The molecule has 3 aliphatic rings. The summed E-state index contributed by atoms with van der Waals surface area (Å²) in [4.78, 5) is 4.86. The molecule has 0 aromatic heterocycles. The van der Waals surface area contributed by atoms with Gasteiger partial charge in [0.25, 0.3) is 0 Å². The molecule has 0 radical (unpaired) electrons. The zero-order chi connectivity index (χ0) is 13.6. The third kappa shape index (κ3) is 2.39. The van der Waals surface area contributed by atoms with E-state index in [4.69, 9.17) is 5.73 Å². The lowest BCUT2D eigenvalue weighted by atomic mass is 9.85. The minimum Gasteiger partial charge on any atom is -0.463 e. The Morgan fingerprint density at radius 3 is 2.79 bits per heavy atom. The minimum atomic E-state index is 0.247. The fourth-order valence-corrected chi connectivity index (χ4v) is 4.16. The quantitative estimate of drug-likeness (QED) is 0.633. The topological polar surface area (TPSA) is 55.7 Å². The van der Waals surface area contributed by atoms with Gasteiger partial charge in [0, 0.05) is 31.1 Å². The van der Waals surface area contributed by atoms with Crippen LogP contribution in [0.5, 0.6) is 0 Å². The first-order valence-electron chi connectivity index (χ1n) is 7.51. The van der Waals surface area contributed by atoms with Crippen LogP contribution in [-0.4, -0.2) is 84.3 Å². The van der Waals surface area contributed by atoms with E-state index in [2.05, 4.69) is 16.8 Å². The van der Waals surface area contributed by atoms with Gasteiger partial charge in [-0.05, 0) is 33.0 Å². The maximum atomic E-state index is 10.2. The van der Waals surface area contributed by atoms with Gasteiger partial charge in [0.05, 0.1) is 0 Å². The smallest absolute Gasteiger partial charge is 0.338 e. The SMILES string of the molecule is CN1CCC(N2CC[C@H]3C[N+](C)=C(O)[C@H]3C2)C(N)C1. The summed E-state index contributed by atoms with van der Waals surface area (Å²) in [5.41, 5.74) is 6.34. The first kappa shape index (κ1) is 13.3. The Labute approximate surface area is 115 Å². The Bertz CT molecular complexity index is 384. The molecule has 0 aromatic carbocycles. The molecule has 19 heavy (non-hydrogen) atoms. The monoisotopic (exact) mass is 267 g/mol. The van der Waals surface area contributed by atoms with E-state index in [1.165, 1.54) is 6.42 Å². The molecule has 2 saturated heterocycles. The molecule has 0 bridgehead atoms. The molecule has 2 unspecified atom stereocenters. The lowest BCUT2D eigenvalue weighted by Crippen LogP contribution is -2.59. The van der Waals surface area contributed by atoms with E-state index in [9.17, 15) is 5.11 Å². The van der Waals surface area contributed by atoms with E-state index in [-0.39, 0.29) is 6.04 Å². The Morgan fingerprint density at radius 2 is 2.05 bits per heavy atom. The number of aliphatic hydroxyl groups is 1. The summed E-state index contributed by atoms with van der Waals surface area (Å²) < 4.78 is 2.02. The Balaban J connectivity index is 1.67. The zero-order valence-electron chi connectivity index (χ0n) is 12.1. The standard InChI is InChI=1S/C14H26N4O/c1-16-5-4-13(12(15)9-16)18-6-3-10-7-17(2)14(19)11(10)8-18/h10-13H,3-9,15H2,1-2H3/p+1/t10-,11-,12?,13?/m0/s1. The number of rotatable bonds is 1. The van der Waals surface area contributed by atoms with Crippen LogP contribution in [0.2, 0.25) is 0 Å². The van der Waals surface area contributed by atoms with Crippen LogP contribution in [0.15, 0.2) is 0 Å². The molecular weight excluding hydrogens is 240 g/mol. The van der Waals surface area contributed by atoms with Gasteiger partial charge in [0.1, 0.15) is 19.5 Å². The molecule has 108 valence electrons. The van der Waals surface area contributed by atoms with Gasteiger partial charge < -0.3 is 15.7 Å². The minimum absolute atomic E-state index is 0.247. The molecule has 0 aromatic rings. The average molecular weight is 267 g/mol. The first-order chi connectivity index (χ1) is 9.06. The lowest BCUT2D eigenvalue weighted by molar-refractivity contribution is -0.501. The molecule has 3 aliphatic heterocycles. The van der Waals surface area contributed by atoms with E-state index in [1.54, 1.807) is 0 Å². The van der Waals surface area contributed by atoms with Gasteiger partial charge in [-0.1, -0.05) is 0 Å². The van der Waals surface area contributed by atoms with Gasteiger partial charge in [0.15, 0.2) is 0 Å². The molecule has 5 nitrogen and oxygen atoms in total. The van der Waals surface area contributed by atoms with Crippen LogP contribution in [0, 0.1) is 11.8 Å². The predicted octanol–water partition coefficient (Wildman–Crippen LogP) is -0.432. The van der Waals surface area contributed by atoms with Gasteiger partial charge in [-0.15, -0.1) is 0 Å². The van der Waals surface area contributed by atoms with Crippen molar-refractivity contribution in [3.63, 3.8) is 0 Å². The fourth-order valence-electron chi connectivity index (χ4n) is 4.16. The van der Waals surface area contributed by atoms with Crippen LogP contribution < -0.4 is 5.73 Å². The van der Waals surface area contributed by atoms with Crippen LogP contribution in [0.4, 0.5) is 0 Å². The normalized spacial score (nSPS) is 41.6. The summed E-state index contributed by atoms with van der Waals surface area (Å²) in [6.45, 7) is 5.28. The van der Waals surface area contributed by atoms with E-state index < -0.39 is 0 Å². The van der Waals surface area contributed by atoms with Crippen molar-refractivity contribution in [2.45, 2.75) is 24.9 Å². The third-order valence-corrected chi connectivity index (χ3v) is 5.31. The highest BCUT2D eigenvalue weighted by atomic mass is 16.3. The van der Waals surface area contributed by atoms with E-state index in [0.29, 0.717) is 23.8 Å². The van der Waals surface area contributed by atoms with Crippen LogP contribution >= 0.6 is 0 Å². The maximum Gasteiger partial charge on any atom is 0.338 e. The van der Waals surface area contributed by atoms with Gasteiger partial charge in [-0.3, -0.25) is 4.90 Å². The molecule has 3 N–H and O–H groups in total. The van der Waals surface area contributed by atoms with Crippen molar-refractivity contribution in [3.05, 3.63) is 0 Å². The van der Waals surface area contributed by atoms with Crippen LogP contribution in [0.25, 0.3) is 0 Å². The predicted molar refractivity (Wildman–Crippen MR) is 75.7 cm³/mol. The van der Waals surface area contributed by atoms with Crippen LogP contribution in [-0.2, 0) is 0 Å². The Hall–Kier alpha value is -0.650. The van der Waals surface area contributed by atoms with E-state index in [1.807, 2.05) is 11.6 Å². The number of hydrogen-bond acceptors (Lipinski definition) is 3. The number of piperidine rings is 2. The van der Waals surface area contributed by atoms with Crippen molar-refractivity contribution >= 4 is 5.90 Å². The first-order valence-corrected chi connectivity index (χ1v) is 7.51. The molecule has 2 fully saturated rings. The highest BCUT2D eigenvalue weighted by molar-refractivity contribution is 5.73. The molecule has 0 saturated carbocycles. The molecule has 0 aliphatic carbocycles. The van der Waals surface area contributed by atoms with Crippen LogP contribution in [0.3, 0.4) is 0 Å². The number of fused-ring (bicyclic) bond motifs is 1. The van der Waals surface area contributed by atoms with Crippen molar-refractivity contribution in [2.75, 3.05) is 46.8 Å². The number of aliphatic hydroxyl groups excluding tert-OH is 1. The van der Waals surface area contributed by atoms with Crippen molar-refractivity contribution in [3.8, 4) is 0 Å². The van der Waals surface area contributed by atoms with Gasteiger partial charge in [-0.25, -0.2) is 4.58 Å². The van der Waals surface area contributed by atoms with E-state index >= 15 is 0 Å². The number of likely N-dealkylation sites (N-methyl/N-ethyl adjacent to an activating group) is 1. The zero-order valence-corrected chi connectivity index (χ0v) is 12.1. The van der Waals surface area contributed by atoms with Crippen molar-refractivity contribution in [1.29, 1.82) is 0 Å². The van der Waals surface area contributed by atoms with E-state index in [0.717, 1.165) is 39.1 Å². The second-order valence-corrected chi connectivity index (χ2v) is 6.67. The Morgan fingerprint density at radius 1 is 1.26 bits per heavy atom. The molecule has 0 amide bonds. The van der Waals surface area contributed by atoms with Gasteiger partial charge in [-0.2, -0.15) is 0 Å². The molecule has 3 heterocycles. The molecule has 4 atom stereocenters. The van der Waals surface area contributed by atoms with Crippen molar-refractivity contribution < 1.29 is 9.68 Å². The summed E-state index contributed by atoms with van der Waals surface area (Å²) in [5.74, 6) is 1.57. The van der Waals surface area contributed by atoms with Crippen molar-refractivity contribution in [2.24, 2.45) is 17.6 Å². The summed E-state index contributed by atoms with van der Waals surface area (Å²) in [6.07, 6.45) is 2.35. The average Bonchev–Trinajstić information content (AvgIpc) is 2.65. The number of likely N-dealkylation sites (tertiary alicyclic amines) is 2. The Kier molecular flexibility index (Phi) is 3.53. The molecule has 5 heteroatoms. The summed E-state index contributed by atoms with van der Waals surface area (Å²) in [6, 6.07) is 0.743. The molecule has 3 rings (SSSR count). The second kappa shape index (κ2) is 5.04. The molecular formula is C14H27N4O+. The summed E-state index contributed by atoms with van der Waals surface area (Å²) >= 11 is 0. The maximum absolute atomic E-state index is 10.2. The summed E-state index contributed by atoms with van der Waals surface area (Å²) in [5, 5.41) is 10.2. The lowest BCUT2D eigenvalue weighted by Gasteiger charge is -2.44. The second-order valence-electron chi connectivity index (χ2n) is 6.67. The van der Waals surface area contributed by atoms with Gasteiger partial charge in [0.2, 0.25) is 0 Å². The van der Waals surface area contributed by atoms with Crippen molar-refractivity contribution in [1.82, 2.24) is 9.80 Å².